The molecule has 0 aliphatic carbocycles. The van der Waals surface area contributed by atoms with Gasteiger partial charge in [-0.25, -0.2) is 13.1 Å². The Morgan fingerprint density at radius 1 is 1.25 bits per heavy atom. The minimum absolute atomic E-state index is 0.227. The van der Waals surface area contributed by atoms with E-state index in [9.17, 15) is 8.42 Å². The maximum absolute atomic E-state index is 12.3. The van der Waals surface area contributed by atoms with Crippen molar-refractivity contribution in [2.45, 2.75) is 24.4 Å². The molecule has 1 heterocycles. The van der Waals surface area contributed by atoms with Crippen LogP contribution >= 0.6 is 0 Å². The van der Waals surface area contributed by atoms with Crippen LogP contribution < -0.4 is 15.4 Å². The topological polar surface area (TPSA) is 110 Å². The third-order valence-corrected chi connectivity index (χ3v) is 5.36. The van der Waals surface area contributed by atoms with Gasteiger partial charge in [0, 0.05) is 52.7 Å². The first-order valence-corrected chi connectivity index (χ1v) is 10.5. The molecule has 0 unspecified atom stereocenters. The van der Waals surface area contributed by atoms with Crippen LogP contribution in [0.1, 0.15) is 12.0 Å². The van der Waals surface area contributed by atoms with Crippen LogP contribution in [0.4, 0.5) is 0 Å². The molecule has 9 nitrogen and oxygen atoms in total. The number of nitrogens with one attached hydrogen (secondary N) is 3. The van der Waals surface area contributed by atoms with E-state index < -0.39 is 10.0 Å². The first kappa shape index (κ1) is 21.9. The molecule has 0 saturated carbocycles. The number of nitrogens with zero attached hydrogens (tertiary/aromatic N) is 3. The fourth-order valence-corrected chi connectivity index (χ4v) is 3.55. The monoisotopic (exact) mass is 408 g/mol. The van der Waals surface area contributed by atoms with E-state index in [1.165, 1.54) is 7.11 Å². The van der Waals surface area contributed by atoms with Crippen LogP contribution in [-0.2, 0) is 27.8 Å². The number of hydrogen-bond acceptors (Lipinski definition) is 5. The van der Waals surface area contributed by atoms with Gasteiger partial charge in [0.1, 0.15) is 0 Å². The molecular weight excluding hydrogens is 380 g/mol. The van der Waals surface area contributed by atoms with Gasteiger partial charge in [0.25, 0.3) is 0 Å². The molecule has 0 spiro atoms. The molecule has 1 aromatic heterocycles. The number of rotatable bonds is 11. The predicted octanol–water partition coefficient (Wildman–Crippen LogP) is 0.563. The summed E-state index contributed by atoms with van der Waals surface area (Å²) in [5.41, 5.74) is 0.842. The second-order valence-corrected chi connectivity index (χ2v) is 7.78. The third-order valence-electron chi connectivity index (χ3n) is 3.91. The highest BCUT2D eigenvalue weighted by atomic mass is 32.2. The lowest BCUT2D eigenvalue weighted by atomic mass is 10.2. The highest BCUT2D eigenvalue weighted by Crippen LogP contribution is 2.11. The molecule has 154 valence electrons. The van der Waals surface area contributed by atoms with Gasteiger partial charge in [0.2, 0.25) is 10.0 Å². The second kappa shape index (κ2) is 11.4. The Labute approximate surface area is 166 Å². The number of benzene rings is 1. The van der Waals surface area contributed by atoms with Crippen molar-refractivity contribution < 1.29 is 13.2 Å². The molecule has 0 fully saturated rings. The SMILES string of the molecule is CN=C(NCCCn1cccn1)NCc1cccc(S(=O)(=O)NCCOC)c1. The summed E-state index contributed by atoms with van der Waals surface area (Å²) in [5.74, 6) is 0.659. The molecule has 2 aromatic rings. The van der Waals surface area contributed by atoms with Crippen molar-refractivity contribution in [3.63, 3.8) is 0 Å². The average molecular weight is 409 g/mol. The van der Waals surface area contributed by atoms with Gasteiger partial charge in [0.15, 0.2) is 5.96 Å². The van der Waals surface area contributed by atoms with Crippen LogP contribution in [0.3, 0.4) is 0 Å². The molecule has 0 aliphatic heterocycles. The molecule has 0 atom stereocenters. The Morgan fingerprint density at radius 3 is 2.82 bits per heavy atom. The van der Waals surface area contributed by atoms with Crippen molar-refractivity contribution >= 4 is 16.0 Å². The zero-order valence-corrected chi connectivity index (χ0v) is 17.1. The molecule has 1 aromatic carbocycles. The lowest BCUT2D eigenvalue weighted by Crippen LogP contribution is -2.37. The first-order chi connectivity index (χ1) is 13.5. The Bertz CT molecular complexity index is 837. The van der Waals surface area contributed by atoms with E-state index in [0.717, 1.165) is 25.1 Å². The number of sulfonamides is 1. The van der Waals surface area contributed by atoms with Gasteiger partial charge < -0.3 is 15.4 Å². The molecule has 28 heavy (non-hydrogen) atoms. The molecule has 0 amide bonds. The van der Waals surface area contributed by atoms with E-state index in [4.69, 9.17) is 4.74 Å². The summed E-state index contributed by atoms with van der Waals surface area (Å²) in [7, 11) is -0.326. The lowest BCUT2D eigenvalue weighted by Gasteiger charge is -2.13. The summed E-state index contributed by atoms with van der Waals surface area (Å²) in [6, 6.07) is 8.71. The quantitative estimate of drug-likeness (QED) is 0.285. The summed E-state index contributed by atoms with van der Waals surface area (Å²) >= 11 is 0. The number of aryl methyl sites for hydroxylation is 1. The molecule has 0 saturated heterocycles. The fraction of sp³-hybridized carbons (Fsp3) is 0.444. The number of hydrogen-bond donors (Lipinski definition) is 3. The normalized spacial score (nSPS) is 12.1. The van der Waals surface area contributed by atoms with Crippen molar-refractivity contribution in [2.24, 2.45) is 4.99 Å². The molecule has 0 radical (unpaired) electrons. The second-order valence-electron chi connectivity index (χ2n) is 6.01. The van der Waals surface area contributed by atoms with Gasteiger partial charge in [0.05, 0.1) is 11.5 Å². The van der Waals surface area contributed by atoms with Crippen molar-refractivity contribution in [1.82, 2.24) is 25.1 Å². The Balaban J connectivity index is 1.81. The third kappa shape index (κ3) is 7.29. The zero-order chi connectivity index (χ0) is 20.2. The maximum Gasteiger partial charge on any atom is 0.240 e. The zero-order valence-electron chi connectivity index (χ0n) is 16.3. The number of ether oxygens (including phenoxy) is 1. The average Bonchev–Trinajstić information content (AvgIpc) is 3.21. The highest BCUT2D eigenvalue weighted by Gasteiger charge is 2.13. The van der Waals surface area contributed by atoms with Crippen LogP contribution in [-0.4, -0.2) is 58.0 Å². The van der Waals surface area contributed by atoms with Crippen LogP contribution in [0.15, 0.2) is 52.6 Å². The van der Waals surface area contributed by atoms with Crippen LogP contribution in [0.2, 0.25) is 0 Å². The van der Waals surface area contributed by atoms with Crippen molar-refractivity contribution in [3.05, 3.63) is 48.3 Å². The Kier molecular flexibility index (Phi) is 8.92. The van der Waals surface area contributed by atoms with Crippen molar-refractivity contribution in [2.75, 3.05) is 33.9 Å². The minimum Gasteiger partial charge on any atom is -0.383 e. The summed E-state index contributed by atoms with van der Waals surface area (Å²) < 4.78 is 33.9. The molecule has 0 bridgehead atoms. The minimum atomic E-state index is -3.55. The standard InChI is InChI=1S/C18H28N6O3S/c1-19-18(20-8-4-11-24-12-5-9-22-24)21-15-16-6-3-7-17(14-16)28(25,26)23-10-13-27-2/h3,5-7,9,12,14,23H,4,8,10-11,13,15H2,1-2H3,(H2,19,20,21). The van der Waals surface area contributed by atoms with Crippen molar-refractivity contribution in [3.8, 4) is 0 Å². The summed E-state index contributed by atoms with van der Waals surface area (Å²) in [5, 5.41) is 10.6. The van der Waals surface area contributed by atoms with Crippen molar-refractivity contribution in [1.29, 1.82) is 0 Å². The van der Waals surface area contributed by atoms with E-state index in [-0.39, 0.29) is 11.4 Å². The Hall–Kier alpha value is -2.43. The van der Waals surface area contributed by atoms with E-state index in [1.807, 2.05) is 23.0 Å². The number of aromatic nitrogens is 2. The number of guanidine groups is 1. The van der Waals surface area contributed by atoms with Crippen LogP contribution in [0.5, 0.6) is 0 Å². The van der Waals surface area contributed by atoms with Gasteiger partial charge in [-0.2, -0.15) is 5.10 Å². The summed E-state index contributed by atoms with van der Waals surface area (Å²) in [6.45, 7) is 2.59. The fourth-order valence-electron chi connectivity index (χ4n) is 2.47. The van der Waals surface area contributed by atoms with Gasteiger partial charge in [-0.05, 0) is 30.2 Å². The van der Waals surface area contributed by atoms with E-state index >= 15 is 0 Å². The van der Waals surface area contributed by atoms with Gasteiger partial charge in [-0.3, -0.25) is 9.67 Å². The molecule has 3 N–H and O–H groups in total. The summed E-state index contributed by atoms with van der Waals surface area (Å²) in [4.78, 5) is 4.41. The summed E-state index contributed by atoms with van der Waals surface area (Å²) in [6.07, 6.45) is 4.59. The molecular formula is C18H28N6O3S. The smallest absolute Gasteiger partial charge is 0.240 e. The predicted molar refractivity (Wildman–Crippen MR) is 109 cm³/mol. The maximum atomic E-state index is 12.3. The van der Waals surface area contributed by atoms with E-state index in [1.54, 1.807) is 31.4 Å². The molecule has 0 aliphatic rings. The van der Waals surface area contributed by atoms with Crippen LogP contribution in [0.25, 0.3) is 0 Å². The van der Waals surface area contributed by atoms with Crippen LogP contribution in [0, 0.1) is 0 Å². The molecule has 2 rings (SSSR count). The molecule has 10 heteroatoms. The van der Waals surface area contributed by atoms with E-state index in [0.29, 0.717) is 19.1 Å². The highest BCUT2D eigenvalue weighted by molar-refractivity contribution is 7.89. The number of aliphatic imine (C=N–C) groups is 1. The van der Waals surface area contributed by atoms with Gasteiger partial charge >= 0.3 is 0 Å². The van der Waals surface area contributed by atoms with E-state index in [2.05, 4.69) is 25.4 Å². The largest absolute Gasteiger partial charge is 0.383 e. The lowest BCUT2D eigenvalue weighted by molar-refractivity contribution is 0.204. The Morgan fingerprint density at radius 2 is 2.11 bits per heavy atom. The van der Waals surface area contributed by atoms with Gasteiger partial charge in [-0.15, -0.1) is 0 Å². The van der Waals surface area contributed by atoms with Gasteiger partial charge in [-0.1, -0.05) is 12.1 Å². The number of methoxy groups -OCH3 is 1. The first-order valence-electron chi connectivity index (χ1n) is 9.04.